The molecule has 23 heavy (non-hydrogen) atoms. The maximum absolute atomic E-state index is 13.8. The minimum atomic E-state index is -0.333. The number of carbonyl (C=O) groups is 1. The molecule has 1 aromatic heterocycles. The normalized spacial score (nSPS) is 19.1. The Kier molecular flexibility index (Phi) is 6.03. The summed E-state index contributed by atoms with van der Waals surface area (Å²) < 4.78 is 14.6. The van der Waals surface area contributed by atoms with Crippen LogP contribution in [-0.4, -0.2) is 5.91 Å². The maximum atomic E-state index is 13.8. The maximum Gasteiger partial charge on any atom is 0.224 e. The first-order chi connectivity index (χ1) is 10.6. The molecule has 1 fully saturated rings. The second-order valence-electron chi connectivity index (χ2n) is 5.44. The first-order valence-electron chi connectivity index (χ1n) is 7.09. The molecule has 0 unspecified atom stereocenters. The Labute approximate surface area is 149 Å². The predicted octanol–water partition coefficient (Wildman–Crippen LogP) is 3.84. The van der Waals surface area contributed by atoms with Crippen molar-refractivity contribution in [3.63, 3.8) is 0 Å². The van der Waals surface area contributed by atoms with Crippen molar-refractivity contribution in [2.75, 3.05) is 0 Å². The van der Waals surface area contributed by atoms with Crippen LogP contribution in [0.15, 0.2) is 30.3 Å². The summed E-state index contributed by atoms with van der Waals surface area (Å²) in [7, 11) is 0. The summed E-state index contributed by atoms with van der Waals surface area (Å²) in [5.41, 5.74) is 6.68. The van der Waals surface area contributed by atoms with Crippen molar-refractivity contribution in [3.05, 3.63) is 56.5 Å². The molecule has 1 saturated carbocycles. The molecule has 7 heteroatoms. The van der Waals surface area contributed by atoms with Crippen molar-refractivity contribution < 1.29 is 9.18 Å². The Morgan fingerprint density at radius 1 is 1.39 bits per heavy atom. The number of carbonyl (C=O) groups excluding carboxylic acids is 1. The molecule has 0 bridgehead atoms. The molecule has 1 heterocycles. The molecule has 3 N–H and O–H groups in total. The number of rotatable bonds is 5. The molecule has 3 rings (SSSR count). The zero-order chi connectivity index (χ0) is 15.7. The van der Waals surface area contributed by atoms with E-state index >= 15 is 0 Å². The number of nitrogens with two attached hydrogens (primary N) is 1. The van der Waals surface area contributed by atoms with Crippen molar-refractivity contribution >= 4 is 41.3 Å². The first-order valence-corrected chi connectivity index (χ1v) is 8.28. The lowest BCUT2D eigenvalue weighted by Crippen LogP contribution is -2.25. The molecule has 2 aromatic rings. The molecule has 0 aliphatic heterocycles. The smallest absolute Gasteiger partial charge is 0.224 e. The van der Waals surface area contributed by atoms with Gasteiger partial charge in [0.25, 0.3) is 0 Å². The van der Waals surface area contributed by atoms with Crippen molar-refractivity contribution in [2.24, 2.45) is 11.7 Å². The summed E-state index contributed by atoms with van der Waals surface area (Å²) in [5.74, 6) is -0.138. The molecule has 124 valence electrons. The Hall–Kier alpha value is -1.14. The topological polar surface area (TPSA) is 55.1 Å². The molecule has 1 aromatic carbocycles. The van der Waals surface area contributed by atoms with Gasteiger partial charge in [-0.2, -0.15) is 0 Å². The predicted molar refractivity (Wildman–Crippen MR) is 93.6 cm³/mol. The van der Waals surface area contributed by atoms with E-state index in [-0.39, 0.29) is 42.5 Å². The van der Waals surface area contributed by atoms with Crippen LogP contribution in [0.5, 0.6) is 0 Å². The summed E-state index contributed by atoms with van der Waals surface area (Å²) in [6.45, 7) is 0.501. The summed E-state index contributed by atoms with van der Waals surface area (Å²) in [6.07, 6.45) is 0.831. The van der Waals surface area contributed by atoms with Gasteiger partial charge in [0.15, 0.2) is 0 Å². The monoisotopic (exact) mass is 374 g/mol. The van der Waals surface area contributed by atoms with E-state index in [0.29, 0.717) is 12.1 Å². The number of benzene rings is 1. The molecule has 0 saturated heterocycles. The molecule has 0 radical (unpaired) electrons. The van der Waals surface area contributed by atoms with Gasteiger partial charge in [0.2, 0.25) is 5.91 Å². The van der Waals surface area contributed by atoms with Crippen molar-refractivity contribution in [1.29, 1.82) is 0 Å². The van der Waals surface area contributed by atoms with Crippen LogP contribution in [0.1, 0.15) is 28.3 Å². The van der Waals surface area contributed by atoms with E-state index in [1.54, 1.807) is 12.1 Å². The standard InChI is InChI=1S/C16H16ClFN2OS.ClH/c17-15-4-3-14(22-15)11-6-12(11)16(21)20-8-10-2-1-9(7-19)5-13(10)18;/h1-5,11-12H,6-8,19H2,(H,20,21);1H/t11-,12-;/m1./s1. The molecule has 1 amide bonds. The SMILES string of the molecule is Cl.NCc1ccc(CNC(=O)[C@@H]2C[C@H]2c2ccc(Cl)s2)c(F)c1. The van der Waals surface area contributed by atoms with Crippen LogP contribution < -0.4 is 11.1 Å². The quantitative estimate of drug-likeness (QED) is 0.834. The number of hydrogen-bond acceptors (Lipinski definition) is 3. The van der Waals surface area contributed by atoms with Crippen LogP contribution >= 0.6 is 35.3 Å². The highest BCUT2D eigenvalue weighted by Crippen LogP contribution is 2.50. The van der Waals surface area contributed by atoms with Gasteiger partial charge in [-0.3, -0.25) is 4.79 Å². The van der Waals surface area contributed by atoms with Crippen LogP contribution in [0.2, 0.25) is 4.34 Å². The molecule has 1 aliphatic carbocycles. The lowest BCUT2D eigenvalue weighted by Gasteiger charge is -2.07. The van der Waals surface area contributed by atoms with E-state index in [9.17, 15) is 9.18 Å². The van der Waals surface area contributed by atoms with E-state index in [4.69, 9.17) is 17.3 Å². The highest BCUT2D eigenvalue weighted by Gasteiger charge is 2.44. The highest BCUT2D eigenvalue weighted by molar-refractivity contribution is 7.16. The summed E-state index contributed by atoms with van der Waals surface area (Å²) in [5, 5.41) is 2.81. The fraction of sp³-hybridized carbons (Fsp3) is 0.312. The van der Waals surface area contributed by atoms with Gasteiger partial charge >= 0.3 is 0 Å². The van der Waals surface area contributed by atoms with Gasteiger partial charge in [-0.05, 0) is 30.2 Å². The number of nitrogens with one attached hydrogen (secondary N) is 1. The molecule has 3 nitrogen and oxygen atoms in total. The van der Waals surface area contributed by atoms with E-state index in [1.165, 1.54) is 17.4 Å². The third kappa shape index (κ3) is 4.23. The van der Waals surface area contributed by atoms with E-state index in [1.807, 2.05) is 12.1 Å². The lowest BCUT2D eigenvalue weighted by atomic mass is 10.1. The Morgan fingerprint density at radius 3 is 2.78 bits per heavy atom. The Bertz CT molecular complexity index is 707. The number of thiophene rings is 1. The summed E-state index contributed by atoms with van der Waals surface area (Å²) in [4.78, 5) is 13.3. The van der Waals surface area contributed by atoms with Gasteiger partial charge in [-0.15, -0.1) is 23.7 Å². The van der Waals surface area contributed by atoms with Crippen LogP contribution in [0, 0.1) is 11.7 Å². The molecular weight excluding hydrogens is 358 g/mol. The molecule has 0 spiro atoms. The average Bonchev–Trinajstić information content (AvgIpc) is 3.20. The lowest BCUT2D eigenvalue weighted by molar-refractivity contribution is -0.122. The zero-order valence-electron chi connectivity index (χ0n) is 12.2. The minimum absolute atomic E-state index is 0. The molecule has 2 atom stereocenters. The van der Waals surface area contributed by atoms with Crippen molar-refractivity contribution in [1.82, 2.24) is 5.32 Å². The number of hydrogen-bond donors (Lipinski definition) is 2. The van der Waals surface area contributed by atoms with E-state index < -0.39 is 0 Å². The molecular formula is C16H17Cl2FN2OS. The van der Waals surface area contributed by atoms with Gasteiger partial charge in [0.05, 0.1) is 4.34 Å². The van der Waals surface area contributed by atoms with Crippen LogP contribution in [-0.2, 0) is 17.9 Å². The number of amides is 1. The Morgan fingerprint density at radius 2 is 2.17 bits per heavy atom. The Balaban J connectivity index is 0.00000192. The van der Waals surface area contributed by atoms with Gasteiger partial charge in [0.1, 0.15) is 5.82 Å². The van der Waals surface area contributed by atoms with Crippen molar-refractivity contribution in [2.45, 2.75) is 25.4 Å². The first kappa shape index (κ1) is 18.2. The van der Waals surface area contributed by atoms with Crippen LogP contribution in [0.3, 0.4) is 0 Å². The van der Waals surface area contributed by atoms with Gasteiger partial charge in [0, 0.05) is 35.4 Å². The second kappa shape index (κ2) is 7.62. The second-order valence-corrected chi connectivity index (χ2v) is 7.18. The fourth-order valence-electron chi connectivity index (χ4n) is 2.50. The van der Waals surface area contributed by atoms with Crippen molar-refractivity contribution in [3.8, 4) is 0 Å². The minimum Gasteiger partial charge on any atom is -0.352 e. The average molecular weight is 375 g/mol. The highest BCUT2D eigenvalue weighted by atomic mass is 35.5. The third-order valence-electron chi connectivity index (χ3n) is 3.89. The van der Waals surface area contributed by atoms with Crippen LogP contribution in [0.4, 0.5) is 4.39 Å². The summed E-state index contributed by atoms with van der Waals surface area (Å²) >= 11 is 7.42. The van der Waals surface area contributed by atoms with Gasteiger partial charge in [-0.1, -0.05) is 23.7 Å². The van der Waals surface area contributed by atoms with E-state index in [0.717, 1.165) is 21.2 Å². The molecule has 1 aliphatic rings. The number of halogens is 3. The third-order valence-corrected chi connectivity index (χ3v) is 5.26. The largest absolute Gasteiger partial charge is 0.352 e. The van der Waals surface area contributed by atoms with Gasteiger partial charge < -0.3 is 11.1 Å². The fourth-order valence-corrected chi connectivity index (χ4v) is 3.74. The van der Waals surface area contributed by atoms with Gasteiger partial charge in [-0.25, -0.2) is 4.39 Å². The van der Waals surface area contributed by atoms with E-state index in [2.05, 4.69) is 5.32 Å². The van der Waals surface area contributed by atoms with Crippen LogP contribution in [0.25, 0.3) is 0 Å². The summed E-state index contributed by atoms with van der Waals surface area (Å²) in [6, 6.07) is 8.67. The zero-order valence-corrected chi connectivity index (χ0v) is 14.6.